The molecule has 2 aromatic carbocycles. The fraction of sp³-hybridized carbons (Fsp3) is 0.111. The van der Waals surface area contributed by atoms with Crippen LogP contribution in [0.15, 0.2) is 48.8 Å². The van der Waals surface area contributed by atoms with Crippen molar-refractivity contribution in [3.63, 3.8) is 0 Å². The summed E-state index contributed by atoms with van der Waals surface area (Å²) in [4.78, 5) is 36.3. The molecule has 1 aromatic heterocycles. The maximum Gasteiger partial charge on any atom is 0.340 e. The number of aromatic nitrogens is 4. The predicted octanol–water partition coefficient (Wildman–Crippen LogP) is 1.39. The fourth-order valence-electron chi connectivity index (χ4n) is 2.35. The largest absolute Gasteiger partial charge is 0.452 e. The molecule has 30 heavy (non-hydrogen) atoms. The van der Waals surface area contributed by atoms with Crippen molar-refractivity contribution in [1.82, 2.24) is 20.2 Å². The third-order valence-electron chi connectivity index (χ3n) is 3.66. The van der Waals surface area contributed by atoms with Crippen LogP contribution in [-0.4, -0.2) is 44.6 Å². The summed E-state index contributed by atoms with van der Waals surface area (Å²) in [5.41, 5.74) is -0.0957. The second-order valence-electron chi connectivity index (χ2n) is 5.85. The number of benzene rings is 2. The number of esters is 1. The number of ether oxygens (including phenoxy) is 1. The van der Waals surface area contributed by atoms with E-state index in [-0.39, 0.29) is 23.5 Å². The highest BCUT2D eigenvalue weighted by atomic mass is 19.1. The zero-order chi connectivity index (χ0) is 21.5. The molecule has 0 aliphatic heterocycles. The van der Waals surface area contributed by atoms with Crippen LogP contribution in [0.4, 0.5) is 20.2 Å². The first-order chi connectivity index (χ1) is 14.4. The van der Waals surface area contributed by atoms with E-state index in [1.165, 1.54) is 23.1 Å². The first-order valence-corrected chi connectivity index (χ1v) is 8.44. The molecule has 2 amide bonds. The molecule has 1 heterocycles. The van der Waals surface area contributed by atoms with Gasteiger partial charge in [0.15, 0.2) is 6.61 Å². The predicted molar refractivity (Wildman–Crippen MR) is 98.2 cm³/mol. The molecule has 0 saturated heterocycles. The third kappa shape index (κ3) is 5.41. The van der Waals surface area contributed by atoms with Gasteiger partial charge >= 0.3 is 5.97 Å². The van der Waals surface area contributed by atoms with Gasteiger partial charge in [0.25, 0.3) is 5.91 Å². The van der Waals surface area contributed by atoms with Crippen LogP contribution in [0.5, 0.6) is 0 Å². The summed E-state index contributed by atoms with van der Waals surface area (Å²) in [5, 5.41) is 15.1. The molecule has 0 aliphatic carbocycles. The van der Waals surface area contributed by atoms with E-state index in [0.29, 0.717) is 6.07 Å². The zero-order valence-corrected chi connectivity index (χ0v) is 15.2. The summed E-state index contributed by atoms with van der Waals surface area (Å²) in [6, 6.07) is 8.62. The van der Waals surface area contributed by atoms with Crippen LogP contribution in [0.25, 0.3) is 0 Å². The van der Waals surface area contributed by atoms with Gasteiger partial charge in [-0.25, -0.2) is 18.3 Å². The molecule has 0 spiro atoms. The van der Waals surface area contributed by atoms with Crippen molar-refractivity contribution >= 4 is 29.2 Å². The van der Waals surface area contributed by atoms with Gasteiger partial charge < -0.3 is 15.4 Å². The molecule has 0 aliphatic rings. The van der Waals surface area contributed by atoms with E-state index in [0.717, 1.165) is 12.1 Å². The van der Waals surface area contributed by atoms with Gasteiger partial charge in [-0.1, -0.05) is 12.1 Å². The molecule has 3 aromatic rings. The molecule has 0 fully saturated rings. The smallest absolute Gasteiger partial charge is 0.340 e. The molecule has 0 radical (unpaired) electrons. The molecular formula is C18H14F2N6O4. The highest BCUT2D eigenvalue weighted by Crippen LogP contribution is 2.17. The van der Waals surface area contributed by atoms with Crippen LogP contribution in [0.2, 0.25) is 0 Å². The number of amides is 2. The minimum atomic E-state index is -0.967. The van der Waals surface area contributed by atoms with Crippen LogP contribution < -0.4 is 10.6 Å². The average molecular weight is 416 g/mol. The van der Waals surface area contributed by atoms with Gasteiger partial charge in [-0.2, -0.15) is 0 Å². The Morgan fingerprint density at radius 2 is 1.77 bits per heavy atom. The van der Waals surface area contributed by atoms with Gasteiger partial charge in [-0.05, 0) is 34.7 Å². The number of carbonyl (C=O) groups excluding carboxylic acids is 3. The number of nitrogens with one attached hydrogen (secondary N) is 2. The standard InChI is InChI=1S/C18H14F2N6O4/c19-11-5-6-15(13(20)7-11)23-17(28)9-30-18(29)12-3-1-2-4-14(12)22-16(27)8-26-10-21-24-25-26/h1-7,10H,8-9H2,(H,22,27)(H,23,28). The zero-order valence-electron chi connectivity index (χ0n) is 15.2. The van der Waals surface area contributed by atoms with Crippen LogP contribution >= 0.6 is 0 Å². The molecule has 2 N–H and O–H groups in total. The Labute approximate surface area is 167 Å². The number of halogens is 2. The SMILES string of the molecule is O=C(COC(=O)c1ccccc1NC(=O)Cn1cnnn1)Nc1ccc(F)cc1F. The number of para-hydroxylation sites is 1. The monoisotopic (exact) mass is 416 g/mol. The van der Waals surface area contributed by atoms with E-state index in [2.05, 4.69) is 26.2 Å². The van der Waals surface area contributed by atoms with Crippen molar-refractivity contribution in [3.8, 4) is 0 Å². The second-order valence-corrected chi connectivity index (χ2v) is 5.85. The molecule has 10 nitrogen and oxygen atoms in total. The van der Waals surface area contributed by atoms with Crippen molar-refractivity contribution in [2.24, 2.45) is 0 Å². The molecule has 0 unspecified atom stereocenters. The molecule has 3 rings (SSSR count). The lowest BCUT2D eigenvalue weighted by atomic mass is 10.2. The van der Waals surface area contributed by atoms with Gasteiger partial charge in [-0.3, -0.25) is 9.59 Å². The molecule has 0 atom stereocenters. The van der Waals surface area contributed by atoms with Gasteiger partial charge in [0.2, 0.25) is 5.91 Å². The van der Waals surface area contributed by atoms with Crippen molar-refractivity contribution in [2.75, 3.05) is 17.2 Å². The number of rotatable bonds is 7. The molecule has 12 heteroatoms. The van der Waals surface area contributed by atoms with Crippen molar-refractivity contribution in [1.29, 1.82) is 0 Å². The Balaban J connectivity index is 1.58. The van der Waals surface area contributed by atoms with Gasteiger partial charge in [-0.15, -0.1) is 5.10 Å². The summed E-state index contributed by atoms with van der Waals surface area (Å²) in [6.45, 7) is -0.898. The molecule has 154 valence electrons. The quantitative estimate of drug-likeness (QED) is 0.557. The highest BCUT2D eigenvalue weighted by molar-refractivity contribution is 6.02. The minimum absolute atomic E-state index is 0.00308. The summed E-state index contributed by atoms with van der Waals surface area (Å²) >= 11 is 0. The Kier molecular flexibility index (Phi) is 6.37. The lowest BCUT2D eigenvalue weighted by molar-refractivity contribution is -0.119. The Morgan fingerprint density at radius 1 is 1.00 bits per heavy atom. The summed E-state index contributed by atoms with van der Waals surface area (Å²) in [5.74, 6) is -3.97. The topological polar surface area (TPSA) is 128 Å². The van der Waals surface area contributed by atoms with E-state index >= 15 is 0 Å². The Bertz CT molecular complexity index is 1070. The van der Waals surface area contributed by atoms with Gasteiger partial charge in [0, 0.05) is 6.07 Å². The lowest BCUT2D eigenvalue weighted by Gasteiger charge is -2.11. The lowest BCUT2D eigenvalue weighted by Crippen LogP contribution is -2.23. The maximum atomic E-state index is 13.6. The van der Waals surface area contributed by atoms with Crippen molar-refractivity contribution < 1.29 is 27.9 Å². The van der Waals surface area contributed by atoms with Gasteiger partial charge in [0.05, 0.1) is 16.9 Å². The molecular weight excluding hydrogens is 402 g/mol. The van der Waals surface area contributed by atoms with Crippen LogP contribution in [0.1, 0.15) is 10.4 Å². The van der Waals surface area contributed by atoms with E-state index < -0.39 is 36.0 Å². The minimum Gasteiger partial charge on any atom is -0.452 e. The van der Waals surface area contributed by atoms with Crippen molar-refractivity contribution in [3.05, 3.63) is 66.0 Å². The van der Waals surface area contributed by atoms with Crippen LogP contribution in [0, 0.1) is 11.6 Å². The molecule has 0 bridgehead atoms. The Morgan fingerprint density at radius 3 is 2.50 bits per heavy atom. The average Bonchev–Trinajstić information content (AvgIpc) is 3.21. The first kappa shape index (κ1) is 20.5. The van der Waals surface area contributed by atoms with E-state index in [9.17, 15) is 23.2 Å². The first-order valence-electron chi connectivity index (χ1n) is 8.44. The van der Waals surface area contributed by atoms with E-state index in [1.807, 2.05) is 0 Å². The number of hydrogen-bond donors (Lipinski definition) is 2. The van der Waals surface area contributed by atoms with Crippen LogP contribution in [0.3, 0.4) is 0 Å². The number of tetrazole rings is 1. The maximum absolute atomic E-state index is 13.6. The number of nitrogens with zero attached hydrogens (tertiary/aromatic N) is 4. The fourth-order valence-corrected chi connectivity index (χ4v) is 2.35. The van der Waals surface area contributed by atoms with Crippen molar-refractivity contribution in [2.45, 2.75) is 6.54 Å². The summed E-state index contributed by atoms with van der Waals surface area (Å²) in [7, 11) is 0. The summed E-state index contributed by atoms with van der Waals surface area (Å²) < 4.78 is 32.6. The third-order valence-corrected chi connectivity index (χ3v) is 3.66. The van der Waals surface area contributed by atoms with E-state index in [1.54, 1.807) is 12.1 Å². The normalized spacial score (nSPS) is 10.3. The van der Waals surface area contributed by atoms with E-state index in [4.69, 9.17) is 4.74 Å². The van der Waals surface area contributed by atoms with Gasteiger partial charge in [0.1, 0.15) is 24.5 Å². The second kappa shape index (κ2) is 9.32. The Hall–Kier alpha value is -4.22. The highest BCUT2D eigenvalue weighted by Gasteiger charge is 2.17. The molecule has 0 saturated carbocycles. The van der Waals surface area contributed by atoms with Crippen LogP contribution in [-0.2, 0) is 20.9 Å². The number of anilines is 2. The number of hydrogen-bond acceptors (Lipinski definition) is 7. The number of carbonyl (C=O) groups is 3. The summed E-state index contributed by atoms with van der Waals surface area (Å²) in [6.07, 6.45) is 1.25.